The van der Waals surface area contributed by atoms with E-state index in [1.165, 1.54) is 65.2 Å². The van der Waals surface area contributed by atoms with Gasteiger partial charge in [0.05, 0.1) is 22.1 Å². The molecule has 0 N–H and O–H groups in total. The van der Waals surface area contributed by atoms with Gasteiger partial charge < -0.3 is 22.9 Å². The molecule has 0 bridgehead atoms. The third-order valence-corrected chi connectivity index (χ3v) is 17.6. The molecule has 5 nitrogen and oxygen atoms in total. The molecule has 396 valence electrons. The molecule has 14 aromatic carbocycles. The molecular formula is C80H49N3O2. The summed E-state index contributed by atoms with van der Waals surface area (Å²) in [5, 5.41) is 14.1. The predicted octanol–water partition coefficient (Wildman–Crippen LogP) is 22.5. The molecule has 0 fully saturated rings. The van der Waals surface area contributed by atoms with Gasteiger partial charge in [-0.3, -0.25) is 0 Å². The van der Waals surface area contributed by atoms with E-state index in [9.17, 15) is 0 Å². The maximum Gasteiger partial charge on any atom is 0.137 e. The minimum atomic E-state index is 0.836. The molecule has 0 spiro atoms. The zero-order valence-corrected chi connectivity index (χ0v) is 45.9. The van der Waals surface area contributed by atoms with E-state index < -0.39 is 0 Å². The van der Waals surface area contributed by atoms with Crippen LogP contribution in [-0.2, 0) is 0 Å². The highest BCUT2D eigenvalue weighted by Crippen LogP contribution is 2.44. The largest absolute Gasteiger partial charge is 0.456 e. The molecule has 0 saturated carbocycles. The Morgan fingerprint density at radius 2 is 0.588 bits per heavy atom. The van der Waals surface area contributed by atoms with Crippen LogP contribution >= 0.6 is 0 Å². The van der Waals surface area contributed by atoms with Crippen LogP contribution in [0.3, 0.4) is 0 Å². The zero-order valence-electron chi connectivity index (χ0n) is 45.9. The van der Waals surface area contributed by atoms with Gasteiger partial charge >= 0.3 is 0 Å². The fourth-order valence-electron chi connectivity index (χ4n) is 13.6. The SMILES string of the molecule is c1ccc2cc(-n3c4ccccc4c4cc(-c5cc(-c6ccc(N(c7ccc8c(c7)oc7ccccc78)c7ccc8c(c7)oc7ccccc78)cc6)cc(-c6ccc7c(c6)c6ccccc6n7-c6ccc7ccccc7c6)c5)ccc43)ccc2c1. The Balaban J connectivity index is 0.806. The van der Waals surface area contributed by atoms with Crippen LogP contribution in [0.4, 0.5) is 17.1 Å². The van der Waals surface area contributed by atoms with Crippen LogP contribution in [0, 0.1) is 0 Å². The molecule has 0 aliphatic carbocycles. The van der Waals surface area contributed by atoms with Crippen LogP contribution in [0.15, 0.2) is 306 Å². The highest BCUT2D eigenvalue weighted by molar-refractivity contribution is 6.13. The normalized spacial score (nSPS) is 12.0. The van der Waals surface area contributed by atoms with Crippen molar-refractivity contribution >= 4 is 126 Å². The van der Waals surface area contributed by atoms with Crippen LogP contribution in [0.1, 0.15) is 0 Å². The topological polar surface area (TPSA) is 39.4 Å². The van der Waals surface area contributed by atoms with Gasteiger partial charge in [0, 0.05) is 83.7 Å². The molecule has 0 amide bonds. The first-order valence-electron chi connectivity index (χ1n) is 29.0. The van der Waals surface area contributed by atoms with Crippen LogP contribution in [0.2, 0.25) is 0 Å². The summed E-state index contributed by atoms with van der Waals surface area (Å²) in [6.45, 7) is 0. The Hall–Kier alpha value is -11.4. The summed E-state index contributed by atoms with van der Waals surface area (Å²) >= 11 is 0. The minimum Gasteiger partial charge on any atom is -0.456 e. The highest BCUT2D eigenvalue weighted by Gasteiger charge is 2.21. The second-order valence-electron chi connectivity index (χ2n) is 22.5. The van der Waals surface area contributed by atoms with Crippen LogP contribution in [-0.4, -0.2) is 9.13 Å². The quantitative estimate of drug-likeness (QED) is 0.152. The second kappa shape index (κ2) is 18.6. The van der Waals surface area contributed by atoms with Crippen molar-refractivity contribution in [3.63, 3.8) is 0 Å². The first-order valence-corrected chi connectivity index (χ1v) is 29.0. The van der Waals surface area contributed by atoms with Gasteiger partial charge in [-0.1, -0.05) is 158 Å². The van der Waals surface area contributed by atoms with Crippen molar-refractivity contribution in [1.82, 2.24) is 9.13 Å². The van der Waals surface area contributed by atoms with E-state index in [1.54, 1.807) is 0 Å². The van der Waals surface area contributed by atoms with Crippen molar-refractivity contribution in [2.45, 2.75) is 0 Å². The van der Waals surface area contributed by atoms with E-state index in [0.717, 1.165) is 106 Å². The number of rotatable bonds is 8. The molecule has 4 heterocycles. The first kappa shape index (κ1) is 47.3. The number of fused-ring (bicyclic) bond motifs is 14. The number of anilines is 3. The van der Waals surface area contributed by atoms with Crippen molar-refractivity contribution in [2.75, 3.05) is 4.90 Å². The van der Waals surface area contributed by atoms with E-state index in [0.29, 0.717) is 0 Å². The molecule has 0 aliphatic rings. The molecule has 0 unspecified atom stereocenters. The fraction of sp³-hybridized carbons (Fsp3) is 0. The van der Waals surface area contributed by atoms with Crippen molar-refractivity contribution < 1.29 is 8.83 Å². The third kappa shape index (κ3) is 7.57. The number of furan rings is 2. The van der Waals surface area contributed by atoms with Gasteiger partial charge in [-0.05, 0) is 182 Å². The summed E-state index contributed by atoms with van der Waals surface area (Å²) in [7, 11) is 0. The standard InChI is InChI=1S/C80H49N3O2/c1-3-15-53-44-61(33-27-50(53)13-1)82-73-21-9-5-17-65(73)71-46-55(29-39-75(71)82)58-41-57(42-59(43-58)56-30-40-76-72(47-56)66-18-6-10-22-74(66)83(76)62-34-28-51-14-2-4-16-54(51)45-62)52-25-31-60(32-26-52)81(63-35-37-69-67-19-7-11-23-77(67)84-79(69)48-63)64-36-38-70-68-20-8-12-24-78(68)85-80(70)49-64/h1-49H. The summed E-state index contributed by atoms with van der Waals surface area (Å²) in [6, 6.07) is 108. The Labute approximate surface area is 488 Å². The maximum absolute atomic E-state index is 6.51. The predicted molar refractivity (Wildman–Crippen MR) is 356 cm³/mol. The van der Waals surface area contributed by atoms with Gasteiger partial charge in [0.1, 0.15) is 22.3 Å². The van der Waals surface area contributed by atoms with Crippen molar-refractivity contribution in [3.8, 4) is 44.8 Å². The number of benzene rings is 14. The van der Waals surface area contributed by atoms with E-state index in [2.05, 4.69) is 287 Å². The molecule has 18 rings (SSSR count). The van der Waals surface area contributed by atoms with Crippen molar-refractivity contribution in [2.24, 2.45) is 0 Å². The minimum absolute atomic E-state index is 0.836. The van der Waals surface area contributed by atoms with E-state index >= 15 is 0 Å². The Morgan fingerprint density at radius 1 is 0.212 bits per heavy atom. The lowest BCUT2D eigenvalue weighted by atomic mass is 9.92. The number of nitrogens with zero attached hydrogens (tertiary/aromatic N) is 3. The number of hydrogen-bond donors (Lipinski definition) is 0. The van der Waals surface area contributed by atoms with Crippen LogP contribution in [0.5, 0.6) is 0 Å². The smallest absolute Gasteiger partial charge is 0.137 e. The van der Waals surface area contributed by atoms with Gasteiger partial charge in [-0.15, -0.1) is 0 Å². The zero-order chi connectivity index (χ0) is 55.7. The molecule has 5 heteroatoms. The van der Waals surface area contributed by atoms with Gasteiger partial charge in [-0.2, -0.15) is 0 Å². The van der Waals surface area contributed by atoms with E-state index in [1.807, 2.05) is 24.3 Å². The Bertz CT molecular complexity index is 5430. The first-order chi connectivity index (χ1) is 42.1. The number of para-hydroxylation sites is 4. The summed E-state index contributed by atoms with van der Waals surface area (Å²) < 4.78 is 17.9. The van der Waals surface area contributed by atoms with E-state index in [4.69, 9.17) is 8.83 Å². The number of hydrogen-bond acceptors (Lipinski definition) is 3. The average molecular weight is 1080 g/mol. The summed E-state index contributed by atoms with van der Waals surface area (Å²) in [4.78, 5) is 2.30. The van der Waals surface area contributed by atoms with Gasteiger partial charge in [-0.25, -0.2) is 0 Å². The molecule has 0 atom stereocenters. The molecular weight excluding hydrogens is 1030 g/mol. The highest BCUT2D eigenvalue weighted by atomic mass is 16.3. The molecule has 0 saturated heterocycles. The second-order valence-corrected chi connectivity index (χ2v) is 22.5. The van der Waals surface area contributed by atoms with Gasteiger partial charge in [0.25, 0.3) is 0 Å². The molecule has 4 aromatic heterocycles. The number of aromatic nitrogens is 2. The summed E-state index contributed by atoms with van der Waals surface area (Å²) in [5.74, 6) is 0. The van der Waals surface area contributed by atoms with Gasteiger partial charge in [0.2, 0.25) is 0 Å². The Morgan fingerprint density at radius 3 is 1.08 bits per heavy atom. The lowest BCUT2D eigenvalue weighted by Gasteiger charge is -2.25. The molecule has 18 aromatic rings. The molecule has 0 aliphatic heterocycles. The summed E-state index contributed by atoms with van der Waals surface area (Å²) in [5.41, 5.74) is 20.2. The summed E-state index contributed by atoms with van der Waals surface area (Å²) in [6.07, 6.45) is 0. The molecule has 0 radical (unpaired) electrons. The third-order valence-electron chi connectivity index (χ3n) is 17.6. The average Bonchev–Trinajstić information content (AvgIpc) is 3.21. The van der Waals surface area contributed by atoms with E-state index in [-0.39, 0.29) is 0 Å². The van der Waals surface area contributed by atoms with Crippen molar-refractivity contribution in [1.29, 1.82) is 0 Å². The van der Waals surface area contributed by atoms with Crippen LogP contribution in [0.25, 0.3) is 154 Å². The Kier molecular flexibility index (Phi) is 10.3. The van der Waals surface area contributed by atoms with Gasteiger partial charge in [0.15, 0.2) is 0 Å². The van der Waals surface area contributed by atoms with Crippen molar-refractivity contribution in [3.05, 3.63) is 297 Å². The van der Waals surface area contributed by atoms with Crippen LogP contribution < -0.4 is 4.90 Å². The fourth-order valence-corrected chi connectivity index (χ4v) is 13.6. The maximum atomic E-state index is 6.51. The monoisotopic (exact) mass is 1080 g/mol. The lowest BCUT2D eigenvalue weighted by Crippen LogP contribution is -2.09. The lowest BCUT2D eigenvalue weighted by molar-refractivity contribution is 0.669. The molecule has 85 heavy (non-hydrogen) atoms.